The summed E-state index contributed by atoms with van der Waals surface area (Å²) in [6.45, 7) is 7.42. The molecule has 18 heteroatoms. The fourth-order valence-electron chi connectivity index (χ4n) is 11.5. The smallest absolute Gasteiger partial charge is 0.401 e. The maximum atomic E-state index is 13.9. The molecular weight excluding hydrogens is 818 g/mol. The van der Waals surface area contributed by atoms with E-state index in [-0.39, 0.29) is 35.9 Å². The van der Waals surface area contributed by atoms with E-state index >= 15 is 0 Å². The fourth-order valence-corrected chi connectivity index (χ4v) is 11.5. The number of alkyl halides is 3. The van der Waals surface area contributed by atoms with Gasteiger partial charge in [-0.05, 0) is 92.8 Å². The van der Waals surface area contributed by atoms with Crippen LogP contribution in [0.15, 0.2) is 42.6 Å². The molecule has 11 rings (SSSR count). The van der Waals surface area contributed by atoms with Crippen molar-refractivity contribution in [1.29, 1.82) is 0 Å². The van der Waals surface area contributed by atoms with Gasteiger partial charge in [0.2, 0.25) is 11.8 Å². The highest BCUT2D eigenvalue weighted by Crippen LogP contribution is 2.45. The first-order chi connectivity index (χ1) is 30.4. The minimum atomic E-state index is -4.36. The van der Waals surface area contributed by atoms with Crippen LogP contribution in [0.5, 0.6) is 5.75 Å². The lowest BCUT2D eigenvalue weighted by molar-refractivity contribution is -0.155. The molecule has 0 bridgehead atoms. The Morgan fingerprint density at radius 1 is 0.921 bits per heavy atom. The predicted octanol–water partition coefficient (Wildman–Crippen LogP) is 4.36. The Balaban J connectivity index is 0.686. The van der Waals surface area contributed by atoms with E-state index in [0.29, 0.717) is 49.8 Å². The first kappa shape index (κ1) is 40.4. The van der Waals surface area contributed by atoms with E-state index in [4.69, 9.17) is 9.47 Å². The normalized spacial score (nSPS) is 27.5. The number of nitrogens with zero attached hydrogens (tertiary/aromatic N) is 8. The van der Waals surface area contributed by atoms with Gasteiger partial charge in [-0.2, -0.15) is 23.4 Å². The lowest BCUT2D eigenvalue weighted by Crippen LogP contribution is -2.58. The van der Waals surface area contributed by atoms with Crippen LogP contribution in [0.1, 0.15) is 84.2 Å². The molecule has 2 aromatic heterocycles. The number of piperidine rings is 2. The molecule has 5 atom stereocenters. The lowest BCUT2D eigenvalue weighted by atomic mass is 9.81. The number of hydrogen-bond acceptors (Lipinski definition) is 12. The standard InChI is InChI=1S/C45H51F3N10O5/c1-26-18-31-29(2-4-34-32(31)19-49-51-34)40(58(26)25-45(46,47)48)35-5-8-38(53-52-35)55-14-12-44(13-15-55)11-10-27(23-63-44)20-54-16-17-56-28(21-54)24-62-41-33-22-57(37-7-9-39(59)50-42(37)60)43(61)30(33)3-6-36(41)56/h2-6,8,19,26-28,37,40H,7,9-18,20-25H2,1H3,(H,49,51)(H,50,59,60)/t26-,27?,28?,37+,40+/m1/s1. The zero-order valence-electron chi connectivity index (χ0n) is 35.2. The number of benzene rings is 2. The van der Waals surface area contributed by atoms with Gasteiger partial charge >= 0.3 is 6.18 Å². The van der Waals surface area contributed by atoms with Crippen molar-refractivity contribution < 1.29 is 37.0 Å². The van der Waals surface area contributed by atoms with Gasteiger partial charge in [-0.3, -0.25) is 34.6 Å². The third kappa shape index (κ3) is 7.27. The van der Waals surface area contributed by atoms with Crippen molar-refractivity contribution in [2.45, 2.75) is 94.4 Å². The van der Waals surface area contributed by atoms with Gasteiger partial charge < -0.3 is 24.2 Å². The summed E-state index contributed by atoms with van der Waals surface area (Å²) in [6.07, 6.45) is 2.23. The first-order valence-corrected chi connectivity index (χ1v) is 22.3. The second kappa shape index (κ2) is 15.4. The Labute approximate surface area is 362 Å². The summed E-state index contributed by atoms with van der Waals surface area (Å²) < 4.78 is 54.9. The largest absolute Gasteiger partial charge is 0.489 e. The summed E-state index contributed by atoms with van der Waals surface area (Å²) in [6, 6.07) is 9.82. The number of imide groups is 1. The number of hydrogen-bond donors (Lipinski definition) is 2. The van der Waals surface area contributed by atoms with Crippen LogP contribution in [0.25, 0.3) is 10.9 Å². The summed E-state index contributed by atoms with van der Waals surface area (Å²) in [5.74, 6) is 0.961. The minimum Gasteiger partial charge on any atom is -0.489 e. The zero-order chi connectivity index (χ0) is 43.2. The molecule has 7 aliphatic heterocycles. The number of aromatic nitrogens is 4. The first-order valence-electron chi connectivity index (χ1n) is 22.3. The van der Waals surface area contributed by atoms with E-state index in [1.165, 1.54) is 4.90 Å². The monoisotopic (exact) mass is 868 g/mol. The molecule has 7 aliphatic rings. The van der Waals surface area contributed by atoms with Crippen LogP contribution >= 0.6 is 0 Å². The number of amides is 3. The van der Waals surface area contributed by atoms with Crippen LogP contribution < -0.4 is 19.9 Å². The molecule has 3 amide bonds. The van der Waals surface area contributed by atoms with Crippen molar-refractivity contribution in [1.82, 2.24) is 40.4 Å². The molecule has 4 fully saturated rings. The van der Waals surface area contributed by atoms with E-state index < -0.39 is 30.7 Å². The summed E-state index contributed by atoms with van der Waals surface area (Å²) in [5, 5.41) is 19.7. The summed E-state index contributed by atoms with van der Waals surface area (Å²) in [5.41, 5.74) is 5.37. The Kier molecular flexibility index (Phi) is 9.91. The van der Waals surface area contributed by atoms with Crippen LogP contribution in [-0.4, -0.2) is 142 Å². The third-order valence-electron chi connectivity index (χ3n) is 14.9. The fraction of sp³-hybridized carbons (Fsp3) is 0.556. The van der Waals surface area contributed by atoms with Crippen LogP contribution in [0.2, 0.25) is 0 Å². The molecule has 0 saturated carbocycles. The maximum absolute atomic E-state index is 13.9. The van der Waals surface area contributed by atoms with E-state index in [0.717, 1.165) is 110 Å². The number of halogens is 3. The number of ether oxygens (including phenoxy) is 2. The number of nitrogens with one attached hydrogen (secondary N) is 2. The lowest BCUT2D eigenvalue weighted by Gasteiger charge is -2.48. The molecule has 2 aromatic carbocycles. The minimum absolute atomic E-state index is 0.173. The average Bonchev–Trinajstić information content (AvgIpc) is 3.89. The summed E-state index contributed by atoms with van der Waals surface area (Å²) in [7, 11) is 0. The molecule has 2 N–H and O–H groups in total. The molecule has 2 unspecified atom stereocenters. The SMILES string of the molecule is C[C@@H]1Cc2c(ccc3[nH]ncc23)[C@@H](c2ccc(N3CCC4(CCC(CN5CCN6c7ccc8c(c7OCC6C5)CN([C@H]5CCC(=O)NC5=O)C8=O)CO4)CC3)nn2)N1CC(F)(F)F. The van der Waals surface area contributed by atoms with E-state index in [1.54, 1.807) is 11.1 Å². The van der Waals surface area contributed by atoms with Gasteiger partial charge in [0.05, 0.1) is 60.5 Å². The van der Waals surface area contributed by atoms with Crippen LogP contribution in [0.3, 0.4) is 0 Å². The molecule has 4 aromatic rings. The van der Waals surface area contributed by atoms with Gasteiger partial charge in [0.1, 0.15) is 18.4 Å². The van der Waals surface area contributed by atoms with Gasteiger partial charge in [-0.15, -0.1) is 5.10 Å². The van der Waals surface area contributed by atoms with Crippen LogP contribution in [0, 0.1) is 5.92 Å². The molecule has 4 saturated heterocycles. The van der Waals surface area contributed by atoms with E-state index in [2.05, 4.69) is 40.4 Å². The number of rotatable bonds is 6. The number of carbonyl (C=O) groups is 3. The maximum Gasteiger partial charge on any atom is 0.401 e. The topological polar surface area (TPSA) is 152 Å². The van der Waals surface area contributed by atoms with Crippen molar-refractivity contribution in [3.63, 3.8) is 0 Å². The third-order valence-corrected chi connectivity index (χ3v) is 14.9. The number of aromatic amines is 1. The Morgan fingerprint density at radius 2 is 1.78 bits per heavy atom. The Morgan fingerprint density at radius 3 is 2.54 bits per heavy atom. The second-order valence-electron chi connectivity index (χ2n) is 18.7. The molecule has 9 heterocycles. The molecule has 0 aliphatic carbocycles. The molecule has 15 nitrogen and oxygen atoms in total. The number of piperazine rings is 1. The van der Waals surface area contributed by atoms with Crippen molar-refractivity contribution in [2.75, 3.05) is 68.8 Å². The predicted molar refractivity (Wildman–Crippen MR) is 224 cm³/mol. The van der Waals surface area contributed by atoms with Crippen molar-refractivity contribution in [3.05, 3.63) is 70.5 Å². The molecular formula is C45H51F3N10O5. The van der Waals surface area contributed by atoms with E-state index in [9.17, 15) is 27.6 Å². The molecule has 332 valence electrons. The quantitative estimate of drug-likeness (QED) is 0.265. The molecule has 0 radical (unpaired) electrons. The van der Waals surface area contributed by atoms with Gasteiger partial charge in [0.15, 0.2) is 5.82 Å². The van der Waals surface area contributed by atoms with Crippen LogP contribution in [-0.2, 0) is 27.3 Å². The highest BCUT2D eigenvalue weighted by Gasteiger charge is 2.46. The second-order valence-corrected chi connectivity index (χ2v) is 18.7. The van der Waals surface area contributed by atoms with Gasteiger partial charge in [-0.25, -0.2) is 0 Å². The molecule has 63 heavy (non-hydrogen) atoms. The number of anilines is 2. The van der Waals surface area contributed by atoms with Crippen molar-refractivity contribution in [3.8, 4) is 5.75 Å². The Hall–Kier alpha value is -5.33. The van der Waals surface area contributed by atoms with Crippen LogP contribution in [0.4, 0.5) is 24.7 Å². The Bertz CT molecular complexity index is 2450. The number of carbonyl (C=O) groups excluding carboxylic acids is 3. The van der Waals surface area contributed by atoms with Gasteiger partial charge in [0, 0.05) is 68.2 Å². The zero-order valence-corrected chi connectivity index (χ0v) is 35.2. The van der Waals surface area contributed by atoms with Crippen molar-refractivity contribution >= 4 is 40.1 Å². The average molecular weight is 869 g/mol. The molecule has 1 spiro atoms. The van der Waals surface area contributed by atoms with Crippen molar-refractivity contribution in [2.24, 2.45) is 5.92 Å². The highest BCUT2D eigenvalue weighted by molar-refractivity contribution is 6.06. The number of H-pyrrole nitrogens is 1. The van der Waals surface area contributed by atoms with Gasteiger partial charge in [-0.1, -0.05) is 6.07 Å². The number of fused-ring (bicyclic) bond motifs is 8. The summed E-state index contributed by atoms with van der Waals surface area (Å²) >= 11 is 0. The summed E-state index contributed by atoms with van der Waals surface area (Å²) in [4.78, 5) is 47.9. The van der Waals surface area contributed by atoms with E-state index in [1.807, 2.05) is 43.3 Å². The highest BCUT2D eigenvalue weighted by atomic mass is 19.4. The van der Waals surface area contributed by atoms with Gasteiger partial charge in [0.25, 0.3) is 5.91 Å².